The molecule has 1 saturated heterocycles. The summed E-state index contributed by atoms with van der Waals surface area (Å²) >= 11 is 0. The quantitative estimate of drug-likeness (QED) is 0.509. The van der Waals surface area contributed by atoms with Gasteiger partial charge < -0.3 is 9.09 Å². The summed E-state index contributed by atoms with van der Waals surface area (Å²) in [6, 6.07) is 12.2. The fraction of sp³-hybridized carbons (Fsp3) is 0.364. The Morgan fingerprint density at radius 3 is 2.83 bits per heavy atom. The van der Waals surface area contributed by atoms with Crippen LogP contribution >= 0.6 is 0 Å². The summed E-state index contributed by atoms with van der Waals surface area (Å²) < 4.78 is 8.64. The molecule has 0 bridgehead atoms. The number of hydrogen-bond donors (Lipinski definition) is 0. The van der Waals surface area contributed by atoms with Crippen LogP contribution in [0.15, 0.2) is 58.1 Å². The van der Waals surface area contributed by atoms with E-state index < -0.39 is 0 Å². The molecule has 1 aliphatic rings. The molecule has 0 amide bonds. The smallest absolute Gasteiger partial charge is 0.277 e. The number of rotatable bonds is 5. The summed E-state index contributed by atoms with van der Waals surface area (Å²) in [5.41, 5.74) is 2.12. The molecule has 0 radical (unpaired) electrons. The lowest BCUT2D eigenvalue weighted by atomic mass is 10.0. The van der Waals surface area contributed by atoms with Crippen molar-refractivity contribution in [1.82, 2.24) is 29.2 Å². The van der Waals surface area contributed by atoms with Crippen LogP contribution in [0.1, 0.15) is 37.9 Å². The molecule has 0 unspecified atom stereocenters. The highest BCUT2D eigenvalue weighted by Gasteiger charge is 2.21. The molecule has 1 fully saturated rings. The van der Waals surface area contributed by atoms with Gasteiger partial charge in [-0.25, -0.2) is 4.52 Å². The van der Waals surface area contributed by atoms with E-state index in [0.717, 1.165) is 17.8 Å². The maximum absolute atomic E-state index is 13.0. The molecule has 1 aliphatic heterocycles. The third-order valence-corrected chi connectivity index (χ3v) is 5.77. The van der Waals surface area contributed by atoms with Crippen molar-refractivity contribution in [2.24, 2.45) is 0 Å². The summed E-state index contributed by atoms with van der Waals surface area (Å²) in [4.78, 5) is 19.8. The van der Waals surface area contributed by atoms with Gasteiger partial charge in [-0.15, -0.1) is 0 Å². The van der Waals surface area contributed by atoms with Gasteiger partial charge in [0.25, 0.3) is 5.56 Å². The minimum absolute atomic E-state index is 0.136. The first-order valence-corrected chi connectivity index (χ1v) is 10.4. The van der Waals surface area contributed by atoms with Crippen LogP contribution in [0.3, 0.4) is 0 Å². The lowest BCUT2D eigenvalue weighted by Crippen LogP contribution is -2.36. The summed E-state index contributed by atoms with van der Waals surface area (Å²) in [6.07, 6.45) is 7.17. The van der Waals surface area contributed by atoms with E-state index in [-0.39, 0.29) is 12.1 Å². The van der Waals surface area contributed by atoms with Crippen LogP contribution in [0.25, 0.3) is 16.8 Å². The third-order valence-electron chi connectivity index (χ3n) is 5.77. The van der Waals surface area contributed by atoms with E-state index in [2.05, 4.69) is 27.1 Å². The molecular weight excluding hydrogens is 380 g/mol. The average molecular weight is 404 g/mol. The van der Waals surface area contributed by atoms with Crippen molar-refractivity contribution in [3.63, 3.8) is 0 Å². The highest BCUT2D eigenvalue weighted by molar-refractivity contribution is 5.65. The Kier molecular flexibility index (Phi) is 4.92. The summed E-state index contributed by atoms with van der Waals surface area (Å²) in [5.74, 6) is 1.10. The molecule has 0 aliphatic carbocycles. The standard InChI is InChI=1S/C22H24N6O2/c1-16-7-5-6-10-26(16)15-21-23-20(25-30-21)14-27-11-12-28-19(22(27)29)13-18(24-28)17-8-3-2-4-9-17/h2-4,8-9,11-13,16H,5-7,10,14-15H2,1H3/t16-/m0/s1. The maximum Gasteiger partial charge on any atom is 0.277 e. The number of fused-ring (bicyclic) bond motifs is 1. The Hall–Kier alpha value is -3.26. The van der Waals surface area contributed by atoms with Crippen molar-refractivity contribution in [1.29, 1.82) is 0 Å². The van der Waals surface area contributed by atoms with Gasteiger partial charge >= 0.3 is 0 Å². The Balaban J connectivity index is 1.36. The molecule has 4 heterocycles. The van der Waals surface area contributed by atoms with Crippen molar-refractivity contribution < 1.29 is 4.52 Å². The SMILES string of the molecule is C[C@H]1CCCCN1Cc1nc(Cn2ccn3nc(-c4ccccc4)cc3c2=O)no1. The number of hydrogen-bond acceptors (Lipinski definition) is 6. The lowest BCUT2D eigenvalue weighted by molar-refractivity contribution is 0.135. The van der Waals surface area contributed by atoms with Gasteiger partial charge in [-0.3, -0.25) is 9.69 Å². The molecule has 8 nitrogen and oxygen atoms in total. The second-order valence-corrected chi connectivity index (χ2v) is 7.88. The van der Waals surface area contributed by atoms with Crippen molar-refractivity contribution in [3.8, 4) is 11.3 Å². The average Bonchev–Trinajstić information content (AvgIpc) is 3.40. The van der Waals surface area contributed by atoms with Gasteiger partial charge in [-0.2, -0.15) is 10.1 Å². The molecule has 0 N–H and O–H groups in total. The first-order valence-electron chi connectivity index (χ1n) is 10.4. The number of piperidine rings is 1. The predicted molar refractivity (Wildman–Crippen MR) is 112 cm³/mol. The molecule has 1 atom stereocenters. The van der Waals surface area contributed by atoms with Gasteiger partial charge in [0, 0.05) is 24.0 Å². The molecule has 154 valence electrons. The van der Waals surface area contributed by atoms with Crippen molar-refractivity contribution in [2.75, 3.05) is 6.54 Å². The monoisotopic (exact) mass is 404 g/mol. The van der Waals surface area contributed by atoms with E-state index in [1.165, 1.54) is 19.3 Å². The van der Waals surface area contributed by atoms with Gasteiger partial charge in [0.1, 0.15) is 5.52 Å². The molecule has 3 aromatic heterocycles. The Bertz CT molecular complexity index is 1210. The molecule has 0 saturated carbocycles. The zero-order chi connectivity index (χ0) is 20.5. The molecule has 4 aromatic rings. The van der Waals surface area contributed by atoms with E-state index in [0.29, 0.717) is 29.8 Å². The minimum Gasteiger partial charge on any atom is -0.338 e. The van der Waals surface area contributed by atoms with Crippen LogP contribution in [-0.4, -0.2) is 41.8 Å². The van der Waals surface area contributed by atoms with Crippen molar-refractivity contribution >= 4 is 5.52 Å². The molecule has 0 spiro atoms. The number of nitrogens with zero attached hydrogens (tertiary/aromatic N) is 6. The van der Waals surface area contributed by atoms with Crippen LogP contribution < -0.4 is 5.56 Å². The largest absolute Gasteiger partial charge is 0.338 e. The minimum atomic E-state index is -0.136. The first-order chi connectivity index (χ1) is 14.7. The first kappa shape index (κ1) is 18.7. The number of likely N-dealkylation sites (tertiary alicyclic amines) is 1. The lowest BCUT2D eigenvalue weighted by Gasteiger charge is -2.31. The van der Waals surface area contributed by atoms with Crippen LogP contribution in [0.4, 0.5) is 0 Å². The van der Waals surface area contributed by atoms with E-state index >= 15 is 0 Å². The highest BCUT2D eigenvalue weighted by Crippen LogP contribution is 2.19. The number of benzene rings is 1. The topological polar surface area (TPSA) is 81.5 Å². The Morgan fingerprint density at radius 2 is 2.00 bits per heavy atom. The Morgan fingerprint density at radius 1 is 1.13 bits per heavy atom. The fourth-order valence-corrected chi connectivity index (χ4v) is 4.04. The van der Waals surface area contributed by atoms with E-state index in [4.69, 9.17) is 4.52 Å². The van der Waals surface area contributed by atoms with E-state index in [1.54, 1.807) is 21.5 Å². The second kappa shape index (κ2) is 7.87. The molecule has 30 heavy (non-hydrogen) atoms. The highest BCUT2D eigenvalue weighted by atomic mass is 16.5. The van der Waals surface area contributed by atoms with Crippen LogP contribution in [0.5, 0.6) is 0 Å². The van der Waals surface area contributed by atoms with Crippen LogP contribution in [0.2, 0.25) is 0 Å². The van der Waals surface area contributed by atoms with Crippen molar-refractivity contribution in [3.05, 3.63) is 70.9 Å². The summed E-state index contributed by atoms with van der Waals surface area (Å²) in [6.45, 7) is 4.21. The number of aromatic nitrogens is 5. The van der Waals surface area contributed by atoms with Crippen LogP contribution in [-0.2, 0) is 13.1 Å². The fourth-order valence-electron chi connectivity index (χ4n) is 4.04. The van der Waals surface area contributed by atoms with Gasteiger partial charge in [0.15, 0.2) is 5.82 Å². The Labute approximate surface area is 173 Å². The summed E-state index contributed by atoms with van der Waals surface area (Å²) in [7, 11) is 0. The van der Waals surface area contributed by atoms with E-state index in [9.17, 15) is 4.79 Å². The van der Waals surface area contributed by atoms with Crippen molar-refractivity contribution in [2.45, 2.75) is 45.3 Å². The van der Waals surface area contributed by atoms with E-state index in [1.807, 2.05) is 36.4 Å². The van der Waals surface area contributed by atoms with Gasteiger partial charge in [-0.05, 0) is 32.4 Å². The van der Waals surface area contributed by atoms with Gasteiger partial charge in [0.2, 0.25) is 5.89 Å². The third kappa shape index (κ3) is 3.66. The zero-order valence-corrected chi connectivity index (χ0v) is 16.9. The normalized spacial score (nSPS) is 17.6. The molecule has 8 heteroatoms. The van der Waals surface area contributed by atoms with Gasteiger partial charge in [-0.1, -0.05) is 41.9 Å². The molecule has 5 rings (SSSR count). The predicted octanol–water partition coefficient (Wildman–Crippen LogP) is 2.97. The molecular formula is C22H24N6O2. The van der Waals surface area contributed by atoms with Crippen LogP contribution in [0, 0.1) is 0 Å². The van der Waals surface area contributed by atoms with Gasteiger partial charge in [0.05, 0.1) is 18.8 Å². The molecule has 1 aromatic carbocycles. The zero-order valence-electron chi connectivity index (χ0n) is 16.9. The second-order valence-electron chi connectivity index (χ2n) is 7.88. The summed E-state index contributed by atoms with van der Waals surface area (Å²) in [5, 5.41) is 8.60. The maximum atomic E-state index is 13.0.